The molecule has 12 heteroatoms. The van der Waals surface area contributed by atoms with Crippen LogP contribution in [-0.2, 0) is 24.1 Å². The van der Waals surface area contributed by atoms with Crippen molar-refractivity contribution >= 4 is 5.91 Å². The molecule has 2 atom stereocenters. The zero-order valence-corrected chi connectivity index (χ0v) is 16.9. The summed E-state index contributed by atoms with van der Waals surface area (Å²) in [5.41, 5.74) is 0.421. The number of allylic oxidation sites excluding steroid dienone is 1. The fourth-order valence-electron chi connectivity index (χ4n) is 4.28. The van der Waals surface area contributed by atoms with Crippen molar-refractivity contribution in [3.05, 3.63) is 58.4 Å². The van der Waals surface area contributed by atoms with Gasteiger partial charge in [-0.05, 0) is 31.5 Å². The van der Waals surface area contributed by atoms with Gasteiger partial charge in [0.25, 0.3) is 0 Å². The highest BCUT2D eigenvalue weighted by atomic mass is 19.4. The predicted molar refractivity (Wildman–Crippen MR) is 99.7 cm³/mol. The molecule has 6 nitrogen and oxygen atoms in total. The Morgan fingerprint density at radius 1 is 1.09 bits per heavy atom. The molecule has 0 bridgehead atoms. The molecule has 1 amide bonds. The van der Waals surface area contributed by atoms with E-state index in [2.05, 4.69) is 15.5 Å². The first kappa shape index (κ1) is 22.3. The number of amides is 1. The van der Waals surface area contributed by atoms with Crippen LogP contribution in [-0.4, -0.2) is 45.2 Å². The molecule has 1 aliphatic heterocycles. The number of rotatable bonds is 3. The van der Waals surface area contributed by atoms with Crippen LogP contribution in [0.5, 0.6) is 0 Å². The van der Waals surface area contributed by atoms with Crippen LogP contribution in [0.3, 0.4) is 0 Å². The summed E-state index contributed by atoms with van der Waals surface area (Å²) in [6, 6.07) is 0.903. The number of nitrogens with one attached hydrogen (secondary N) is 1. The Morgan fingerprint density at radius 3 is 2.50 bits per heavy atom. The molecule has 0 spiro atoms. The van der Waals surface area contributed by atoms with Gasteiger partial charge >= 0.3 is 6.18 Å². The molecule has 0 saturated heterocycles. The first-order valence-electron chi connectivity index (χ1n) is 9.89. The number of alkyl halides is 3. The number of halogens is 6. The molecular weight excluding hydrogens is 440 g/mol. The maximum atomic E-state index is 14.3. The Kier molecular flexibility index (Phi) is 5.74. The number of hydrogen-bond acceptors (Lipinski definition) is 4. The minimum Gasteiger partial charge on any atom is -0.330 e. The van der Waals surface area contributed by atoms with Gasteiger partial charge in [0.2, 0.25) is 11.7 Å². The number of fused-ring (bicyclic) bond motifs is 1. The second-order valence-electron chi connectivity index (χ2n) is 7.77. The van der Waals surface area contributed by atoms with Crippen LogP contribution in [0.15, 0.2) is 23.8 Å². The topological polar surface area (TPSA) is 63.1 Å². The van der Waals surface area contributed by atoms with Gasteiger partial charge in [0.05, 0.1) is 6.54 Å². The second-order valence-corrected chi connectivity index (χ2v) is 7.77. The Balaban J connectivity index is 1.52. The Morgan fingerprint density at radius 2 is 1.81 bits per heavy atom. The molecule has 1 aliphatic carbocycles. The summed E-state index contributed by atoms with van der Waals surface area (Å²) in [6.07, 6.45) is -2.62. The quantitative estimate of drug-likeness (QED) is 0.566. The number of carbonyl (C=O) groups is 1. The smallest absolute Gasteiger partial charge is 0.330 e. The van der Waals surface area contributed by atoms with Crippen LogP contribution in [0, 0.1) is 17.5 Å². The molecular formula is C20H19F6N5O. The van der Waals surface area contributed by atoms with Crippen LogP contribution in [0.4, 0.5) is 26.3 Å². The molecule has 2 aliphatic rings. The van der Waals surface area contributed by atoms with E-state index in [-0.39, 0.29) is 49.8 Å². The summed E-state index contributed by atoms with van der Waals surface area (Å²) >= 11 is 0. The van der Waals surface area contributed by atoms with Crippen LogP contribution < -0.4 is 5.32 Å². The van der Waals surface area contributed by atoms with E-state index < -0.39 is 41.4 Å². The third-order valence-electron chi connectivity index (χ3n) is 5.92. The first-order valence-corrected chi connectivity index (χ1v) is 9.89. The van der Waals surface area contributed by atoms with E-state index in [0.717, 1.165) is 10.6 Å². The monoisotopic (exact) mass is 459 g/mol. The molecule has 32 heavy (non-hydrogen) atoms. The van der Waals surface area contributed by atoms with E-state index in [1.807, 2.05) is 0 Å². The summed E-state index contributed by atoms with van der Waals surface area (Å²) in [7, 11) is 1.62. The van der Waals surface area contributed by atoms with Crippen molar-refractivity contribution in [2.75, 3.05) is 13.6 Å². The van der Waals surface area contributed by atoms with E-state index in [1.54, 1.807) is 13.1 Å². The van der Waals surface area contributed by atoms with Crippen molar-refractivity contribution in [1.82, 2.24) is 25.0 Å². The Hall–Kier alpha value is -2.89. The molecule has 2 unspecified atom stereocenters. The Bertz CT molecular complexity index is 1080. The largest absolute Gasteiger partial charge is 0.451 e. The first-order chi connectivity index (χ1) is 15.1. The minimum atomic E-state index is -4.63. The molecule has 0 radical (unpaired) electrons. The van der Waals surface area contributed by atoms with Crippen LogP contribution >= 0.6 is 0 Å². The molecule has 1 aromatic carbocycles. The SMILES string of the molecule is CNC1CC(C(=O)N2CCn3c(nnc3C(F)(F)F)C2)=CCC1c1cc(F)c(F)cc1F. The van der Waals surface area contributed by atoms with Crippen molar-refractivity contribution < 1.29 is 31.1 Å². The molecule has 0 saturated carbocycles. The third-order valence-corrected chi connectivity index (χ3v) is 5.92. The van der Waals surface area contributed by atoms with Gasteiger partial charge in [-0.1, -0.05) is 6.08 Å². The lowest BCUT2D eigenvalue weighted by molar-refractivity contribution is -0.148. The standard InChI is InChI=1S/C20H19F6N5O/c1-27-16-6-10(2-3-11(16)12-7-14(22)15(23)8-13(12)21)18(32)30-4-5-31-17(9-30)28-29-19(31)20(24,25)26/h2,7-8,11,16,27H,3-6,9H2,1H3. The summed E-state index contributed by atoms with van der Waals surface area (Å²) in [5.74, 6) is -5.24. The fourth-order valence-corrected chi connectivity index (χ4v) is 4.28. The fraction of sp³-hybridized carbons (Fsp3) is 0.450. The average molecular weight is 459 g/mol. The maximum Gasteiger partial charge on any atom is 0.451 e. The maximum absolute atomic E-state index is 14.3. The van der Waals surface area contributed by atoms with Gasteiger partial charge < -0.3 is 14.8 Å². The molecule has 2 aromatic rings. The Labute approximate surface area is 178 Å². The lowest BCUT2D eigenvalue weighted by Crippen LogP contribution is -2.43. The highest BCUT2D eigenvalue weighted by Gasteiger charge is 2.40. The third kappa shape index (κ3) is 3.98. The van der Waals surface area contributed by atoms with Gasteiger partial charge in [0, 0.05) is 36.7 Å². The molecule has 1 aromatic heterocycles. The van der Waals surface area contributed by atoms with Gasteiger partial charge in [0.15, 0.2) is 17.5 Å². The van der Waals surface area contributed by atoms with E-state index in [4.69, 9.17) is 0 Å². The van der Waals surface area contributed by atoms with Gasteiger partial charge in [0.1, 0.15) is 5.82 Å². The number of benzene rings is 1. The van der Waals surface area contributed by atoms with Crippen molar-refractivity contribution in [1.29, 1.82) is 0 Å². The zero-order valence-electron chi connectivity index (χ0n) is 16.9. The van der Waals surface area contributed by atoms with Gasteiger partial charge in [-0.25, -0.2) is 13.2 Å². The molecule has 2 heterocycles. The van der Waals surface area contributed by atoms with Crippen molar-refractivity contribution in [2.24, 2.45) is 0 Å². The molecule has 4 rings (SSSR count). The second kappa shape index (κ2) is 8.23. The number of aromatic nitrogens is 3. The molecule has 0 fully saturated rings. The lowest BCUT2D eigenvalue weighted by atomic mass is 9.80. The highest BCUT2D eigenvalue weighted by Crippen LogP contribution is 2.36. The van der Waals surface area contributed by atoms with Crippen molar-refractivity contribution in [2.45, 2.75) is 44.1 Å². The van der Waals surface area contributed by atoms with Gasteiger partial charge in [-0.15, -0.1) is 10.2 Å². The number of carbonyl (C=O) groups excluding carboxylic acids is 1. The summed E-state index contributed by atoms with van der Waals surface area (Å²) < 4.78 is 81.2. The number of nitrogens with zero attached hydrogens (tertiary/aromatic N) is 4. The van der Waals surface area contributed by atoms with E-state index in [0.29, 0.717) is 11.6 Å². The zero-order chi connectivity index (χ0) is 23.2. The normalized spacial score (nSPS) is 21.3. The summed E-state index contributed by atoms with van der Waals surface area (Å²) in [6.45, 7) is -0.158. The summed E-state index contributed by atoms with van der Waals surface area (Å²) in [4.78, 5) is 14.4. The van der Waals surface area contributed by atoms with E-state index in [1.165, 1.54) is 4.90 Å². The van der Waals surface area contributed by atoms with Crippen LogP contribution in [0.1, 0.15) is 36.0 Å². The minimum absolute atomic E-state index is 0.0109. The van der Waals surface area contributed by atoms with Crippen molar-refractivity contribution in [3.8, 4) is 0 Å². The average Bonchev–Trinajstić information content (AvgIpc) is 3.19. The molecule has 172 valence electrons. The van der Waals surface area contributed by atoms with E-state index >= 15 is 0 Å². The van der Waals surface area contributed by atoms with Crippen LogP contribution in [0.2, 0.25) is 0 Å². The number of hydrogen-bond donors (Lipinski definition) is 1. The van der Waals surface area contributed by atoms with E-state index in [9.17, 15) is 31.1 Å². The van der Waals surface area contributed by atoms with Crippen molar-refractivity contribution in [3.63, 3.8) is 0 Å². The summed E-state index contributed by atoms with van der Waals surface area (Å²) in [5, 5.41) is 9.76. The predicted octanol–water partition coefficient (Wildman–Crippen LogP) is 3.15. The van der Waals surface area contributed by atoms with Gasteiger partial charge in [-0.2, -0.15) is 13.2 Å². The van der Waals surface area contributed by atoms with Gasteiger partial charge in [-0.3, -0.25) is 4.79 Å². The number of likely N-dealkylation sites (N-methyl/N-ethyl adjacent to an activating group) is 1. The lowest BCUT2D eigenvalue weighted by Gasteiger charge is -2.34. The molecule has 1 N–H and O–H groups in total. The van der Waals surface area contributed by atoms with Crippen LogP contribution in [0.25, 0.3) is 0 Å². The highest BCUT2D eigenvalue weighted by molar-refractivity contribution is 5.93.